The molecule has 2 aromatic carbocycles. The lowest BCUT2D eigenvalue weighted by molar-refractivity contribution is -0.121. The third-order valence-corrected chi connectivity index (χ3v) is 4.98. The van der Waals surface area contributed by atoms with Crippen LogP contribution in [0.15, 0.2) is 47.3 Å². The van der Waals surface area contributed by atoms with Gasteiger partial charge in [-0.25, -0.2) is 4.98 Å². The fourth-order valence-electron chi connectivity index (χ4n) is 3.36. The first-order valence-electron chi connectivity index (χ1n) is 9.98. The summed E-state index contributed by atoms with van der Waals surface area (Å²) in [5.41, 5.74) is 6.78. The number of hydrogen-bond acceptors (Lipinski definition) is 4. The molecule has 0 aliphatic heterocycles. The van der Waals surface area contributed by atoms with Crippen molar-refractivity contribution in [3.05, 3.63) is 86.3 Å². The van der Waals surface area contributed by atoms with Crippen molar-refractivity contribution in [3.8, 4) is 0 Å². The van der Waals surface area contributed by atoms with Crippen molar-refractivity contribution in [1.82, 2.24) is 14.9 Å². The number of benzene rings is 2. The zero-order chi connectivity index (χ0) is 21.8. The molecule has 0 fully saturated rings. The predicted molar refractivity (Wildman–Crippen MR) is 120 cm³/mol. The quantitative estimate of drug-likeness (QED) is 0.654. The van der Waals surface area contributed by atoms with Gasteiger partial charge in [-0.15, -0.1) is 0 Å². The third-order valence-electron chi connectivity index (χ3n) is 4.98. The highest BCUT2D eigenvalue weighted by molar-refractivity contribution is 5.76. The first-order chi connectivity index (χ1) is 14.2. The maximum atomic E-state index is 12.6. The molecule has 1 amide bonds. The SMILES string of the molecule is Cc1cc(C)cc(Nc2nc(C)cc(=O)n2CC(=O)NCc2ccc(C)c(C)c2)c1. The minimum absolute atomic E-state index is 0.107. The van der Waals surface area contributed by atoms with E-state index in [2.05, 4.69) is 34.7 Å². The van der Waals surface area contributed by atoms with E-state index in [1.807, 2.05) is 45.0 Å². The second kappa shape index (κ2) is 8.95. The van der Waals surface area contributed by atoms with E-state index in [-0.39, 0.29) is 18.0 Å². The molecule has 0 radical (unpaired) electrons. The van der Waals surface area contributed by atoms with Crippen LogP contribution in [0.25, 0.3) is 0 Å². The van der Waals surface area contributed by atoms with Crippen LogP contribution in [0.4, 0.5) is 11.6 Å². The van der Waals surface area contributed by atoms with Gasteiger partial charge in [0.2, 0.25) is 11.9 Å². The number of nitrogens with zero attached hydrogens (tertiary/aromatic N) is 2. The topological polar surface area (TPSA) is 76.0 Å². The third kappa shape index (κ3) is 5.35. The highest BCUT2D eigenvalue weighted by Crippen LogP contribution is 2.18. The second-order valence-corrected chi connectivity index (χ2v) is 7.84. The van der Waals surface area contributed by atoms with Crippen molar-refractivity contribution in [2.75, 3.05) is 5.32 Å². The molecule has 0 aliphatic rings. The Kier molecular flexibility index (Phi) is 6.35. The van der Waals surface area contributed by atoms with Crippen LogP contribution in [0.1, 0.15) is 33.5 Å². The summed E-state index contributed by atoms with van der Waals surface area (Å²) in [6.45, 7) is 10.2. The number of nitrogens with one attached hydrogen (secondary N) is 2. The Morgan fingerprint density at radius 1 is 0.933 bits per heavy atom. The lowest BCUT2D eigenvalue weighted by atomic mass is 10.1. The Morgan fingerprint density at radius 2 is 1.63 bits per heavy atom. The summed E-state index contributed by atoms with van der Waals surface area (Å²) in [6, 6.07) is 13.6. The summed E-state index contributed by atoms with van der Waals surface area (Å²) in [5, 5.41) is 6.09. The maximum Gasteiger partial charge on any atom is 0.255 e. The molecule has 0 unspecified atom stereocenters. The molecular formula is C24H28N4O2. The van der Waals surface area contributed by atoms with Crippen LogP contribution in [0, 0.1) is 34.6 Å². The molecule has 0 aliphatic carbocycles. The molecule has 1 aromatic heterocycles. The Labute approximate surface area is 177 Å². The molecule has 0 saturated carbocycles. The lowest BCUT2D eigenvalue weighted by Crippen LogP contribution is -2.33. The molecule has 6 heteroatoms. The Bertz CT molecular complexity index is 1130. The number of amides is 1. The minimum atomic E-state index is -0.268. The zero-order valence-corrected chi connectivity index (χ0v) is 18.2. The molecule has 3 aromatic rings. The van der Waals surface area contributed by atoms with E-state index in [1.54, 1.807) is 6.92 Å². The van der Waals surface area contributed by atoms with Crippen LogP contribution in [0.3, 0.4) is 0 Å². The van der Waals surface area contributed by atoms with Crippen LogP contribution in [-0.4, -0.2) is 15.5 Å². The monoisotopic (exact) mass is 404 g/mol. The van der Waals surface area contributed by atoms with Crippen LogP contribution >= 0.6 is 0 Å². The summed E-state index contributed by atoms with van der Waals surface area (Å²) in [4.78, 5) is 29.6. The van der Waals surface area contributed by atoms with Gasteiger partial charge in [-0.05, 0) is 74.6 Å². The highest BCUT2D eigenvalue weighted by atomic mass is 16.2. The average Bonchev–Trinajstić information content (AvgIpc) is 2.64. The zero-order valence-electron chi connectivity index (χ0n) is 18.2. The molecule has 3 rings (SSSR count). The van der Waals surface area contributed by atoms with E-state index < -0.39 is 0 Å². The van der Waals surface area contributed by atoms with Gasteiger partial charge in [-0.3, -0.25) is 14.2 Å². The van der Waals surface area contributed by atoms with E-state index in [0.717, 1.165) is 22.4 Å². The van der Waals surface area contributed by atoms with Gasteiger partial charge in [-0.1, -0.05) is 24.3 Å². The van der Waals surface area contributed by atoms with Crippen molar-refractivity contribution in [2.24, 2.45) is 0 Å². The lowest BCUT2D eigenvalue weighted by Gasteiger charge is -2.15. The summed E-state index contributed by atoms with van der Waals surface area (Å²) in [7, 11) is 0. The van der Waals surface area contributed by atoms with Gasteiger partial charge in [0.05, 0.1) is 0 Å². The summed E-state index contributed by atoms with van der Waals surface area (Å²) >= 11 is 0. The number of carbonyl (C=O) groups excluding carboxylic acids is 1. The van der Waals surface area contributed by atoms with Gasteiger partial charge in [0.25, 0.3) is 5.56 Å². The molecular weight excluding hydrogens is 376 g/mol. The van der Waals surface area contributed by atoms with E-state index in [4.69, 9.17) is 0 Å². The first kappa shape index (κ1) is 21.3. The van der Waals surface area contributed by atoms with E-state index >= 15 is 0 Å². The summed E-state index contributed by atoms with van der Waals surface area (Å²) in [5.74, 6) is 0.107. The van der Waals surface area contributed by atoms with E-state index in [0.29, 0.717) is 18.2 Å². The van der Waals surface area contributed by atoms with Gasteiger partial charge < -0.3 is 10.6 Å². The van der Waals surface area contributed by atoms with Gasteiger partial charge in [0.1, 0.15) is 6.54 Å². The van der Waals surface area contributed by atoms with E-state index in [9.17, 15) is 9.59 Å². The van der Waals surface area contributed by atoms with Crippen molar-refractivity contribution >= 4 is 17.5 Å². The average molecular weight is 405 g/mol. The van der Waals surface area contributed by atoms with Crippen molar-refractivity contribution in [1.29, 1.82) is 0 Å². The highest BCUT2D eigenvalue weighted by Gasteiger charge is 2.12. The number of rotatable bonds is 6. The Morgan fingerprint density at radius 3 is 2.30 bits per heavy atom. The van der Waals surface area contributed by atoms with Gasteiger partial charge >= 0.3 is 0 Å². The predicted octanol–water partition coefficient (Wildman–Crippen LogP) is 3.85. The van der Waals surface area contributed by atoms with Crippen LogP contribution in [0.2, 0.25) is 0 Å². The van der Waals surface area contributed by atoms with E-state index in [1.165, 1.54) is 21.8 Å². The second-order valence-electron chi connectivity index (χ2n) is 7.84. The minimum Gasteiger partial charge on any atom is -0.350 e. The number of hydrogen-bond donors (Lipinski definition) is 2. The fourth-order valence-corrected chi connectivity index (χ4v) is 3.36. The Balaban J connectivity index is 1.78. The fraction of sp³-hybridized carbons (Fsp3) is 0.292. The van der Waals surface area contributed by atoms with Crippen molar-refractivity contribution < 1.29 is 4.79 Å². The molecule has 0 bridgehead atoms. The molecule has 1 heterocycles. The van der Waals surface area contributed by atoms with Gasteiger partial charge in [0, 0.05) is 24.0 Å². The number of aromatic nitrogens is 2. The standard InChI is InChI=1S/C24H28N4O2/c1-15-8-16(2)10-21(9-15)27-24-26-19(5)12-23(30)28(24)14-22(29)25-13-20-7-6-17(3)18(4)11-20/h6-12H,13-14H2,1-5H3,(H,25,29)(H,26,27). The molecule has 0 spiro atoms. The largest absolute Gasteiger partial charge is 0.350 e. The molecule has 0 atom stereocenters. The maximum absolute atomic E-state index is 12.6. The van der Waals surface area contributed by atoms with Gasteiger partial charge in [-0.2, -0.15) is 0 Å². The molecule has 30 heavy (non-hydrogen) atoms. The van der Waals surface area contributed by atoms with Crippen LogP contribution in [0.5, 0.6) is 0 Å². The van der Waals surface area contributed by atoms with Gasteiger partial charge in [0.15, 0.2) is 0 Å². The molecule has 6 nitrogen and oxygen atoms in total. The molecule has 156 valence electrons. The summed E-state index contributed by atoms with van der Waals surface area (Å²) < 4.78 is 1.36. The van der Waals surface area contributed by atoms with Crippen LogP contribution < -0.4 is 16.2 Å². The summed E-state index contributed by atoms with van der Waals surface area (Å²) in [6.07, 6.45) is 0. The number of anilines is 2. The normalized spacial score (nSPS) is 10.7. The number of carbonyl (C=O) groups is 1. The Hall–Kier alpha value is -3.41. The van der Waals surface area contributed by atoms with Crippen molar-refractivity contribution in [2.45, 2.75) is 47.7 Å². The van der Waals surface area contributed by atoms with Crippen molar-refractivity contribution in [3.63, 3.8) is 0 Å². The smallest absolute Gasteiger partial charge is 0.255 e. The molecule has 0 saturated heterocycles. The van der Waals surface area contributed by atoms with Crippen LogP contribution in [-0.2, 0) is 17.9 Å². The molecule has 2 N–H and O–H groups in total. The number of aryl methyl sites for hydroxylation is 5. The first-order valence-corrected chi connectivity index (χ1v) is 9.98.